The fourth-order valence-corrected chi connectivity index (χ4v) is 3.37. The number of nitrogens with zero attached hydrogens (tertiary/aromatic N) is 1. The van der Waals surface area contributed by atoms with Gasteiger partial charge in [-0.1, -0.05) is 45.0 Å². The van der Waals surface area contributed by atoms with Crippen LogP contribution in [-0.4, -0.2) is 11.0 Å². The van der Waals surface area contributed by atoms with E-state index in [9.17, 15) is 0 Å². The van der Waals surface area contributed by atoms with Crippen LogP contribution in [0.4, 0.5) is 0 Å². The van der Waals surface area contributed by atoms with E-state index in [1.807, 2.05) is 11.3 Å². The van der Waals surface area contributed by atoms with Crippen LogP contribution in [0.5, 0.6) is 0 Å². The molecule has 1 aliphatic rings. The molecule has 1 fully saturated rings. The third kappa shape index (κ3) is 3.53. The van der Waals surface area contributed by atoms with Gasteiger partial charge in [-0.05, 0) is 30.7 Å². The van der Waals surface area contributed by atoms with Crippen molar-refractivity contribution < 1.29 is 0 Å². The standard InChI is InChI=1S/C18H24N2S/c1-12-16(11-19-15-9-10-15)21-17(20-12)13-5-7-14(8-6-13)18(2,3)4/h5-8,15,19H,9-11H2,1-4H3. The molecule has 0 unspecified atom stereocenters. The summed E-state index contributed by atoms with van der Waals surface area (Å²) in [6.07, 6.45) is 2.66. The second kappa shape index (κ2) is 5.54. The van der Waals surface area contributed by atoms with E-state index in [4.69, 9.17) is 4.98 Å². The predicted molar refractivity (Wildman–Crippen MR) is 90.8 cm³/mol. The topological polar surface area (TPSA) is 24.9 Å². The molecule has 3 rings (SSSR count). The van der Waals surface area contributed by atoms with Gasteiger partial charge in [0.1, 0.15) is 5.01 Å². The molecule has 1 aromatic carbocycles. The Labute approximate surface area is 131 Å². The van der Waals surface area contributed by atoms with Crippen molar-refractivity contribution in [2.24, 2.45) is 0 Å². The molecule has 2 aromatic rings. The van der Waals surface area contributed by atoms with Crippen LogP contribution in [0.3, 0.4) is 0 Å². The summed E-state index contributed by atoms with van der Waals surface area (Å²) in [4.78, 5) is 6.12. The number of nitrogens with one attached hydrogen (secondary N) is 1. The van der Waals surface area contributed by atoms with Crippen LogP contribution in [0, 0.1) is 6.92 Å². The molecule has 1 aromatic heterocycles. The van der Waals surface area contributed by atoms with Gasteiger partial charge < -0.3 is 5.32 Å². The van der Waals surface area contributed by atoms with Crippen molar-refractivity contribution in [2.75, 3.05) is 0 Å². The van der Waals surface area contributed by atoms with Crippen molar-refractivity contribution in [1.29, 1.82) is 0 Å². The van der Waals surface area contributed by atoms with Gasteiger partial charge in [0.25, 0.3) is 0 Å². The lowest BCUT2D eigenvalue weighted by Crippen LogP contribution is -2.14. The van der Waals surface area contributed by atoms with E-state index in [1.54, 1.807) is 0 Å². The minimum absolute atomic E-state index is 0.205. The Bertz CT molecular complexity index is 616. The minimum Gasteiger partial charge on any atom is -0.309 e. The molecule has 2 nitrogen and oxygen atoms in total. The fourth-order valence-electron chi connectivity index (χ4n) is 2.35. The van der Waals surface area contributed by atoms with E-state index in [-0.39, 0.29) is 5.41 Å². The van der Waals surface area contributed by atoms with Crippen LogP contribution < -0.4 is 5.32 Å². The highest BCUT2D eigenvalue weighted by molar-refractivity contribution is 7.15. The Morgan fingerprint density at radius 1 is 1.19 bits per heavy atom. The Balaban J connectivity index is 1.78. The van der Waals surface area contributed by atoms with Crippen LogP contribution in [0.1, 0.15) is 49.7 Å². The van der Waals surface area contributed by atoms with Crippen LogP contribution in [0.2, 0.25) is 0 Å². The summed E-state index contributed by atoms with van der Waals surface area (Å²) >= 11 is 1.82. The second-order valence-corrected chi connectivity index (χ2v) is 8.09. The maximum atomic E-state index is 4.75. The number of thiazole rings is 1. The van der Waals surface area contributed by atoms with Crippen LogP contribution in [0.15, 0.2) is 24.3 Å². The molecular weight excluding hydrogens is 276 g/mol. The minimum atomic E-state index is 0.205. The van der Waals surface area contributed by atoms with Crippen LogP contribution >= 0.6 is 11.3 Å². The van der Waals surface area contributed by atoms with Crippen LogP contribution in [-0.2, 0) is 12.0 Å². The summed E-state index contributed by atoms with van der Waals surface area (Å²) in [5.74, 6) is 0. The quantitative estimate of drug-likeness (QED) is 0.887. The van der Waals surface area contributed by atoms with Crippen molar-refractivity contribution in [3.8, 4) is 10.6 Å². The van der Waals surface area contributed by atoms with E-state index in [0.717, 1.165) is 17.6 Å². The first-order valence-electron chi connectivity index (χ1n) is 7.74. The number of aryl methyl sites for hydroxylation is 1. The first-order valence-corrected chi connectivity index (χ1v) is 8.56. The smallest absolute Gasteiger partial charge is 0.123 e. The van der Waals surface area contributed by atoms with Crippen molar-refractivity contribution in [3.05, 3.63) is 40.4 Å². The second-order valence-electron chi connectivity index (χ2n) is 7.01. The summed E-state index contributed by atoms with van der Waals surface area (Å²) in [6.45, 7) is 9.83. The molecule has 0 aliphatic heterocycles. The van der Waals surface area contributed by atoms with Gasteiger partial charge >= 0.3 is 0 Å². The van der Waals surface area contributed by atoms with Gasteiger partial charge in [0, 0.05) is 23.0 Å². The molecule has 112 valence electrons. The maximum Gasteiger partial charge on any atom is 0.123 e. The summed E-state index contributed by atoms with van der Waals surface area (Å²) < 4.78 is 0. The molecule has 0 saturated heterocycles. The summed E-state index contributed by atoms with van der Waals surface area (Å²) in [7, 11) is 0. The first kappa shape index (κ1) is 14.7. The van der Waals surface area contributed by atoms with Gasteiger partial charge in [-0.2, -0.15) is 0 Å². The van der Waals surface area contributed by atoms with Crippen LogP contribution in [0.25, 0.3) is 10.6 Å². The molecule has 1 saturated carbocycles. The number of rotatable bonds is 4. The lowest BCUT2D eigenvalue weighted by Gasteiger charge is -2.18. The molecule has 0 spiro atoms. The molecule has 0 atom stereocenters. The normalized spacial score (nSPS) is 15.4. The monoisotopic (exact) mass is 300 g/mol. The van der Waals surface area contributed by atoms with Crippen molar-refractivity contribution >= 4 is 11.3 Å². The third-order valence-corrected chi connectivity index (χ3v) is 5.23. The molecule has 1 N–H and O–H groups in total. The first-order chi connectivity index (χ1) is 9.93. The van der Waals surface area contributed by atoms with E-state index in [1.165, 1.54) is 34.5 Å². The Morgan fingerprint density at radius 2 is 1.86 bits per heavy atom. The maximum absolute atomic E-state index is 4.75. The van der Waals surface area contributed by atoms with Crippen molar-refractivity contribution in [3.63, 3.8) is 0 Å². The Morgan fingerprint density at radius 3 is 2.43 bits per heavy atom. The molecule has 1 heterocycles. The zero-order valence-corrected chi connectivity index (χ0v) is 14.2. The number of aromatic nitrogens is 1. The summed E-state index contributed by atoms with van der Waals surface area (Å²) in [5, 5.41) is 4.72. The van der Waals surface area contributed by atoms with Crippen molar-refractivity contribution in [1.82, 2.24) is 10.3 Å². The highest BCUT2D eigenvalue weighted by Crippen LogP contribution is 2.31. The number of hydrogen-bond acceptors (Lipinski definition) is 3. The highest BCUT2D eigenvalue weighted by Gasteiger charge is 2.21. The molecule has 1 aliphatic carbocycles. The number of hydrogen-bond donors (Lipinski definition) is 1. The fraction of sp³-hybridized carbons (Fsp3) is 0.500. The Kier molecular flexibility index (Phi) is 3.89. The predicted octanol–water partition coefficient (Wildman–Crippen LogP) is 4.67. The van der Waals surface area contributed by atoms with Gasteiger partial charge in [0.2, 0.25) is 0 Å². The SMILES string of the molecule is Cc1nc(-c2ccc(C(C)(C)C)cc2)sc1CNC1CC1. The highest BCUT2D eigenvalue weighted by atomic mass is 32.1. The Hall–Kier alpha value is -1.19. The zero-order valence-electron chi connectivity index (χ0n) is 13.4. The molecule has 21 heavy (non-hydrogen) atoms. The third-order valence-electron chi connectivity index (χ3n) is 4.02. The van der Waals surface area contributed by atoms with E-state index in [0.29, 0.717) is 0 Å². The largest absolute Gasteiger partial charge is 0.309 e. The van der Waals surface area contributed by atoms with E-state index >= 15 is 0 Å². The zero-order chi connectivity index (χ0) is 15.0. The lowest BCUT2D eigenvalue weighted by atomic mass is 9.87. The van der Waals surface area contributed by atoms with Gasteiger partial charge in [-0.25, -0.2) is 4.98 Å². The van der Waals surface area contributed by atoms with Gasteiger partial charge in [0.05, 0.1) is 5.69 Å². The molecule has 0 amide bonds. The summed E-state index contributed by atoms with van der Waals surface area (Å²) in [6, 6.07) is 9.62. The molecule has 0 bridgehead atoms. The molecule has 0 radical (unpaired) electrons. The molecule has 3 heteroatoms. The van der Waals surface area contributed by atoms with E-state index in [2.05, 4.69) is 57.3 Å². The average molecular weight is 300 g/mol. The van der Waals surface area contributed by atoms with Gasteiger partial charge in [-0.15, -0.1) is 11.3 Å². The summed E-state index contributed by atoms with van der Waals surface area (Å²) in [5.41, 5.74) is 3.98. The average Bonchev–Trinajstić information content (AvgIpc) is 3.19. The van der Waals surface area contributed by atoms with E-state index < -0.39 is 0 Å². The lowest BCUT2D eigenvalue weighted by molar-refractivity contribution is 0.590. The van der Waals surface area contributed by atoms with Gasteiger partial charge in [0.15, 0.2) is 0 Å². The number of benzene rings is 1. The molecular formula is C18H24N2S. The van der Waals surface area contributed by atoms with Crippen molar-refractivity contribution in [2.45, 2.75) is 58.5 Å². The van der Waals surface area contributed by atoms with Gasteiger partial charge in [-0.3, -0.25) is 0 Å².